The van der Waals surface area contributed by atoms with Gasteiger partial charge in [-0.05, 0) is 50.9 Å². The lowest BCUT2D eigenvalue weighted by molar-refractivity contribution is -0.165. The number of fused-ring (bicyclic) bond motifs is 1. The van der Waals surface area contributed by atoms with E-state index in [4.69, 9.17) is 9.47 Å². The molecule has 2 amide bonds. The van der Waals surface area contributed by atoms with Crippen molar-refractivity contribution in [1.29, 1.82) is 0 Å². The first-order valence-electron chi connectivity index (χ1n) is 14.4. The summed E-state index contributed by atoms with van der Waals surface area (Å²) in [7, 11) is 0. The van der Waals surface area contributed by atoms with Crippen LogP contribution in [0.15, 0.2) is 25.3 Å². The second kappa shape index (κ2) is 11.0. The van der Waals surface area contributed by atoms with Crippen LogP contribution >= 0.6 is 0 Å². The third kappa shape index (κ3) is 5.19. The van der Waals surface area contributed by atoms with Crippen LogP contribution in [0.5, 0.6) is 0 Å². The van der Waals surface area contributed by atoms with Gasteiger partial charge in [0.1, 0.15) is 24.2 Å². The van der Waals surface area contributed by atoms with Crippen LogP contribution in [-0.2, 0) is 23.9 Å². The lowest BCUT2D eigenvalue weighted by atomic mass is 9.65. The van der Waals surface area contributed by atoms with Crippen molar-refractivity contribution < 1.29 is 29.0 Å². The molecular formula is C31H50N2O6. The summed E-state index contributed by atoms with van der Waals surface area (Å²) in [6.45, 7) is 23.9. The molecule has 1 spiro atoms. The van der Waals surface area contributed by atoms with Crippen LogP contribution in [-0.4, -0.2) is 81.3 Å². The van der Waals surface area contributed by atoms with Gasteiger partial charge in [-0.25, -0.2) is 0 Å². The van der Waals surface area contributed by atoms with Crippen LogP contribution in [0.3, 0.4) is 0 Å². The summed E-state index contributed by atoms with van der Waals surface area (Å²) in [4.78, 5) is 46.1. The number of hydrogen-bond acceptors (Lipinski definition) is 6. The molecule has 3 aliphatic heterocycles. The molecule has 8 nitrogen and oxygen atoms in total. The zero-order valence-electron chi connectivity index (χ0n) is 25.3. The van der Waals surface area contributed by atoms with Crippen LogP contribution in [0, 0.1) is 23.2 Å². The molecule has 8 heteroatoms. The summed E-state index contributed by atoms with van der Waals surface area (Å²) in [5.41, 5.74) is -2.67. The van der Waals surface area contributed by atoms with Gasteiger partial charge in [-0.3, -0.25) is 14.4 Å². The van der Waals surface area contributed by atoms with Gasteiger partial charge in [0.15, 0.2) is 0 Å². The minimum atomic E-state index is -1.18. The standard InChI is InChI=1S/C31H50N2O6/c1-11-16-32(29(9,10)19-28(6,7)8)26(36)24-31-15-14-30(13-3,39-31)23(27(37)38-17-12-2)22(31)25(35)33(24)21(18-34)20(4)5/h11-12,20-24,34H,1-2,13-19H2,3-10H3/t21-,22-,23-,24?,30+,31?/m0/s1. The molecule has 0 aromatic carbocycles. The summed E-state index contributed by atoms with van der Waals surface area (Å²) in [5.74, 6) is -2.85. The quantitative estimate of drug-likeness (QED) is 0.292. The Morgan fingerprint density at radius 1 is 1.21 bits per heavy atom. The molecule has 3 saturated heterocycles. The molecule has 3 aliphatic rings. The lowest BCUT2D eigenvalue weighted by Crippen LogP contribution is -2.63. The number of nitrogens with zero attached hydrogens (tertiary/aromatic N) is 2. The number of ether oxygens (including phenoxy) is 2. The van der Waals surface area contributed by atoms with Crippen molar-refractivity contribution >= 4 is 17.8 Å². The van der Waals surface area contributed by atoms with Gasteiger partial charge in [0.2, 0.25) is 11.8 Å². The minimum Gasteiger partial charge on any atom is -0.461 e. The highest BCUT2D eigenvalue weighted by Crippen LogP contribution is 2.65. The van der Waals surface area contributed by atoms with E-state index in [2.05, 4.69) is 33.9 Å². The number of esters is 1. The summed E-state index contributed by atoms with van der Waals surface area (Å²) in [5, 5.41) is 10.5. The number of aliphatic hydroxyl groups is 1. The highest BCUT2D eigenvalue weighted by atomic mass is 16.6. The monoisotopic (exact) mass is 546 g/mol. The van der Waals surface area contributed by atoms with Gasteiger partial charge in [-0.15, -0.1) is 6.58 Å². The molecule has 220 valence electrons. The van der Waals surface area contributed by atoms with E-state index >= 15 is 0 Å². The molecular weight excluding hydrogens is 496 g/mol. The Hall–Kier alpha value is -2.19. The largest absolute Gasteiger partial charge is 0.461 e. The Bertz CT molecular complexity index is 984. The van der Waals surface area contributed by atoms with Crippen LogP contribution in [0.25, 0.3) is 0 Å². The number of likely N-dealkylation sites (tertiary alicyclic amines) is 1. The Kier molecular flexibility index (Phi) is 8.84. The van der Waals surface area contributed by atoms with Gasteiger partial charge in [-0.1, -0.05) is 60.3 Å². The van der Waals surface area contributed by atoms with Gasteiger partial charge in [0, 0.05) is 12.1 Å². The number of amides is 2. The van der Waals surface area contributed by atoms with E-state index < -0.39 is 46.6 Å². The smallest absolute Gasteiger partial charge is 0.313 e. The predicted molar refractivity (Wildman–Crippen MR) is 151 cm³/mol. The number of carbonyl (C=O) groups excluding carboxylic acids is 3. The highest BCUT2D eigenvalue weighted by molar-refractivity contribution is 5.99. The van der Waals surface area contributed by atoms with Crippen molar-refractivity contribution in [3.05, 3.63) is 25.3 Å². The zero-order chi connectivity index (χ0) is 29.6. The molecule has 2 bridgehead atoms. The molecule has 0 radical (unpaired) electrons. The normalized spacial score (nSPS) is 30.9. The third-order valence-corrected chi connectivity index (χ3v) is 9.04. The topological polar surface area (TPSA) is 96.4 Å². The van der Waals surface area contributed by atoms with Crippen molar-refractivity contribution in [3.63, 3.8) is 0 Å². The summed E-state index contributed by atoms with van der Waals surface area (Å²) in [6.07, 6.45) is 5.48. The van der Waals surface area contributed by atoms with Crippen molar-refractivity contribution in [2.24, 2.45) is 23.2 Å². The van der Waals surface area contributed by atoms with Crippen molar-refractivity contribution in [1.82, 2.24) is 9.80 Å². The lowest BCUT2D eigenvalue weighted by Gasteiger charge is -2.47. The van der Waals surface area contributed by atoms with Crippen LogP contribution < -0.4 is 0 Å². The van der Waals surface area contributed by atoms with Crippen molar-refractivity contribution in [3.8, 4) is 0 Å². The fourth-order valence-corrected chi connectivity index (χ4v) is 7.81. The van der Waals surface area contributed by atoms with E-state index in [1.165, 1.54) is 6.08 Å². The van der Waals surface area contributed by atoms with E-state index in [1.54, 1.807) is 15.9 Å². The fourth-order valence-electron chi connectivity index (χ4n) is 7.81. The SMILES string of the molecule is C=CCOC(=O)[C@@H]1[C@H]2C(=O)N([C@@H](CO)C(C)C)C(C(=O)N(CC=C)C(C)(C)CC(C)(C)C)C23CC[C@@]1(CC)O3. The molecule has 6 atom stereocenters. The van der Waals surface area contributed by atoms with Gasteiger partial charge in [-0.2, -0.15) is 0 Å². The van der Waals surface area contributed by atoms with Crippen molar-refractivity contribution in [2.75, 3.05) is 19.8 Å². The second-order valence-electron chi connectivity index (χ2n) is 13.8. The molecule has 0 aromatic rings. The van der Waals surface area contributed by atoms with Gasteiger partial charge < -0.3 is 24.4 Å². The fraction of sp³-hybridized carbons (Fsp3) is 0.774. The van der Waals surface area contributed by atoms with Gasteiger partial charge in [0.05, 0.1) is 24.2 Å². The number of aliphatic hydroxyl groups excluding tert-OH is 1. The molecule has 2 unspecified atom stereocenters. The van der Waals surface area contributed by atoms with E-state index in [0.29, 0.717) is 25.8 Å². The molecule has 1 N–H and O–H groups in total. The van der Waals surface area contributed by atoms with E-state index in [-0.39, 0.29) is 36.4 Å². The molecule has 0 saturated carbocycles. The number of rotatable bonds is 12. The molecule has 3 rings (SSSR count). The minimum absolute atomic E-state index is 0.0362. The average Bonchev–Trinajstić information content (AvgIpc) is 3.43. The maximum atomic E-state index is 14.8. The summed E-state index contributed by atoms with van der Waals surface area (Å²) >= 11 is 0. The van der Waals surface area contributed by atoms with Gasteiger partial charge in [0.25, 0.3) is 0 Å². The van der Waals surface area contributed by atoms with E-state index in [9.17, 15) is 19.5 Å². The number of hydrogen-bond donors (Lipinski definition) is 1. The average molecular weight is 547 g/mol. The molecule has 0 aromatic heterocycles. The number of carbonyl (C=O) groups is 3. The first kappa shape index (κ1) is 31.3. The first-order chi connectivity index (χ1) is 18.1. The van der Waals surface area contributed by atoms with E-state index in [0.717, 1.165) is 6.42 Å². The van der Waals surface area contributed by atoms with Crippen LogP contribution in [0.2, 0.25) is 0 Å². The zero-order valence-corrected chi connectivity index (χ0v) is 25.3. The molecule has 3 heterocycles. The second-order valence-corrected chi connectivity index (χ2v) is 13.8. The Labute approximate surface area is 234 Å². The maximum absolute atomic E-state index is 14.8. The summed E-state index contributed by atoms with van der Waals surface area (Å²) < 4.78 is 12.3. The maximum Gasteiger partial charge on any atom is 0.313 e. The van der Waals surface area contributed by atoms with E-state index in [1.807, 2.05) is 34.6 Å². The Balaban J connectivity index is 2.20. The molecule has 3 fully saturated rings. The summed E-state index contributed by atoms with van der Waals surface area (Å²) in [6, 6.07) is -1.58. The van der Waals surface area contributed by atoms with Crippen LogP contribution in [0.1, 0.15) is 81.1 Å². The third-order valence-electron chi connectivity index (χ3n) is 9.04. The molecule has 0 aliphatic carbocycles. The first-order valence-corrected chi connectivity index (χ1v) is 14.4. The van der Waals surface area contributed by atoms with Crippen molar-refractivity contribution in [2.45, 2.75) is 110 Å². The highest BCUT2D eigenvalue weighted by Gasteiger charge is 2.80. The Morgan fingerprint density at radius 2 is 1.85 bits per heavy atom. The van der Waals surface area contributed by atoms with Crippen LogP contribution in [0.4, 0.5) is 0 Å². The van der Waals surface area contributed by atoms with Gasteiger partial charge >= 0.3 is 5.97 Å². The molecule has 39 heavy (non-hydrogen) atoms. The predicted octanol–water partition coefficient (Wildman–Crippen LogP) is 4.12. The Morgan fingerprint density at radius 3 is 2.33 bits per heavy atom.